The van der Waals surface area contributed by atoms with Crippen molar-refractivity contribution < 1.29 is 19.1 Å². The Labute approximate surface area is 268 Å². The fourth-order valence-electron chi connectivity index (χ4n) is 6.72. The number of hydrogen-bond donors (Lipinski definition) is 1. The number of likely N-dealkylation sites (tertiary alicyclic amines) is 1. The molecule has 1 N–H and O–H groups in total. The SMILES string of the molecule is O=C(CC1CCN(C(=O)CCc2ccccc2)CC1)N[C@@H](Cc1ccc(OCc2ccccc2)cc1)C(=O)CC1CCCCC1. The van der Waals surface area contributed by atoms with Crippen molar-refractivity contribution in [1.29, 1.82) is 0 Å². The molecule has 1 aliphatic carbocycles. The molecular weight excluding hydrogens is 560 g/mol. The second-order valence-electron chi connectivity index (χ2n) is 12.9. The maximum atomic E-state index is 13.6. The minimum atomic E-state index is -0.532. The number of piperidine rings is 1. The summed E-state index contributed by atoms with van der Waals surface area (Å²) < 4.78 is 5.94. The number of aryl methyl sites for hydroxylation is 1. The van der Waals surface area contributed by atoms with Gasteiger partial charge in [-0.25, -0.2) is 0 Å². The summed E-state index contributed by atoms with van der Waals surface area (Å²) in [4.78, 5) is 41.6. The van der Waals surface area contributed by atoms with Gasteiger partial charge in [-0.05, 0) is 66.3 Å². The van der Waals surface area contributed by atoms with E-state index in [-0.39, 0.29) is 23.5 Å². The zero-order chi connectivity index (χ0) is 31.3. The predicted octanol–water partition coefficient (Wildman–Crippen LogP) is 7.09. The number of carbonyl (C=O) groups excluding carboxylic acids is 3. The van der Waals surface area contributed by atoms with Crippen molar-refractivity contribution in [3.05, 3.63) is 102 Å². The van der Waals surface area contributed by atoms with Crippen LogP contribution in [0.15, 0.2) is 84.9 Å². The first-order valence-corrected chi connectivity index (χ1v) is 16.9. The van der Waals surface area contributed by atoms with E-state index in [4.69, 9.17) is 4.74 Å². The van der Waals surface area contributed by atoms with E-state index in [0.717, 1.165) is 49.0 Å². The molecule has 0 bridgehead atoms. The topological polar surface area (TPSA) is 75.7 Å². The van der Waals surface area contributed by atoms with Crippen LogP contribution in [0.3, 0.4) is 0 Å². The molecule has 0 spiro atoms. The fraction of sp³-hybridized carbons (Fsp3) is 0.462. The number of Topliss-reactive ketones (excluding diaryl/α,β-unsaturated/α-hetero) is 1. The van der Waals surface area contributed by atoms with Crippen molar-refractivity contribution >= 4 is 17.6 Å². The molecule has 1 aliphatic heterocycles. The van der Waals surface area contributed by atoms with Crippen molar-refractivity contribution in [2.45, 2.75) is 89.7 Å². The Kier molecular flexibility index (Phi) is 12.2. The molecule has 0 aromatic heterocycles. The van der Waals surface area contributed by atoms with Crippen LogP contribution in [0.25, 0.3) is 0 Å². The summed E-state index contributed by atoms with van der Waals surface area (Å²) in [6.07, 6.45) is 10.1. The van der Waals surface area contributed by atoms with Crippen LogP contribution in [0.1, 0.15) is 80.9 Å². The molecular formula is C39H48N2O4. The van der Waals surface area contributed by atoms with Gasteiger partial charge in [0.25, 0.3) is 0 Å². The van der Waals surface area contributed by atoms with Gasteiger partial charge in [-0.3, -0.25) is 14.4 Å². The summed E-state index contributed by atoms with van der Waals surface area (Å²) in [6.45, 7) is 1.88. The first kappa shape index (κ1) is 32.5. The van der Waals surface area contributed by atoms with E-state index in [1.54, 1.807) is 0 Å². The lowest BCUT2D eigenvalue weighted by atomic mass is 9.84. The normalized spacial score (nSPS) is 16.6. The summed E-state index contributed by atoms with van der Waals surface area (Å²) in [6, 6.07) is 27.5. The van der Waals surface area contributed by atoms with Crippen molar-refractivity contribution in [3.8, 4) is 5.75 Å². The molecule has 2 fully saturated rings. The standard InChI is InChI=1S/C39H48N2O4/c42-37(27-31-12-6-2-7-13-31)36(26-32-16-19-35(20-17-32)45-29-34-14-8-3-9-15-34)40-38(43)28-33-22-24-41(25-23-33)39(44)21-18-30-10-4-1-5-11-30/h1,3-5,8-11,14-17,19-20,31,33,36H,2,6-7,12-13,18,21-29H2,(H,40,43)/t36-/m0/s1. The monoisotopic (exact) mass is 608 g/mol. The highest BCUT2D eigenvalue weighted by Gasteiger charge is 2.28. The van der Waals surface area contributed by atoms with Crippen molar-refractivity contribution in [3.63, 3.8) is 0 Å². The number of hydrogen-bond acceptors (Lipinski definition) is 4. The van der Waals surface area contributed by atoms with Gasteiger partial charge in [0.15, 0.2) is 5.78 Å². The molecule has 6 heteroatoms. The Morgan fingerprint density at radius 2 is 1.33 bits per heavy atom. The van der Waals surface area contributed by atoms with Gasteiger partial charge in [-0.1, -0.05) is 105 Å². The largest absolute Gasteiger partial charge is 0.489 e. The highest BCUT2D eigenvalue weighted by molar-refractivity contribution is 5.89. The minimum Gasteiger partial charge on any atom is -0.489 e. The zero-order valence-corrected chi connectivity index (χ0v) is 26.5. The van der Waals surface area contributed by atoms with E-state index in [1.165, 1.54) is 24.8 Å². The van der Waals surface area contributed by atoms with Crippen molar-refractivity contribution in [2.24, 2.45) is 11.8 Å². The zero-order valence-electron chi connectivity index (χ0n) is 26.5. The smallest absolute Gasteiger partial charge is 0.222 e. The van der Waals surface area contributed by atoms with E-state index in [9.17, 15) is 14.4 Å². The molecule has 45 heavy (non-hydrogen) atoms. The Morgan fingerprint density at radius 1 is 0.711 bits per heavy atom. The number of ether oxygens (including phenoxy) is 1. The van der Waals surface area contributed by atoms with E-state index < -0.39 is 6.04 Å². The molecule has 6 nitrogen and oxygen atoms in total. The number of ketones is 1. The molecule has 2 aliphatic rings. The summed E-state index contributed by atoms with van der Waals surface area (Å²) in [7, 11) is 0. The first-order chi connectivity index (χ1) is 22.0. The Bertz CT molecular complexity index is 1340. The van der Waals surface area contributed by atoms with Crippen molar-refractivity contribution in [2.75, 3.05) is 13.1 Å². The number of benzene rings is 3. The lowest BCUT2D eigenvalue weighted by Gasteiger charge is -2.32. The maximum Gasteiger partial charge on any atom is 0.222 e. The molecule has 0 radical (unpaired) electrons. The van der Waals surface area contributed by atoms with Gasteiger partial charge in [-0.15, -0.1) is 0 Å². The van der Waals surface area contributed by atoms with E-state index in [0.29, 0.717) is 51.3 Å². The van der Waals surface area contributed by atoms with Gasteiger partial charge in [0.05, 0.1) is 6.04 Å². The van der Waals surface area contributed by atoms with E-state index >= 15 is 0 Å². The molecule has 5 rings (SSSR count). The highest BCUT2D eigenvalue weighted by Crippen LogP contribution is 2.28. The number of carbonyl (C=O) groups is 3. The number of rotatable bonds is 14. The molecule has 0 unspecified atom stereocenters. The third-order valence-electron chi connectivity index (χ3n) is 9.46. The number of amides is 2. The summed E-state index contributed by atoms with van der Waals surface area (Å²) >= 11 is 0. The lowest BCUT2D eigenvalue weighted by molar-refractivity contribution is -0.133. The van der Waals surface area contributed by atoms with Gasteiger partial charge in [-0.2, -0.15) is 0 Å². The second-order valence-corrected chi connectivity index (χ2v) is 12.9. The molecule has 3 aromatic carbocycles. The van der Waals surface area contributed by atoms with Crippen molar-refractivity contribution in [1.82, 2.24) is 10.2 Å². The molecule has 238 valence electrons. The maximum absolute atomic E-state index is 13.6. The van der Waals surface area contributed by atoms with Gasteiger partial charge in [0.1, 0.15) is 12.4 Å². The Morgan fingerprint density at radius 3 is 2.00 bits per heavy atom. The lowest BCUT2D eigenvalue weighted by Crippen LogP contribution is -2.44. The molecule has 3 aromatic rings. The number of nitrogens with zero attached hydrogens (tertiary/aromatic N) is 1. The molecule has 1 atom stereocenters. The van der Waals surface area contributed by atoms with E-state index in [1.807, 2.05) is 77.7 Å². The molecule has 1 saturated carbocycles. The fourth-order valence-corrected chi connectivity index (χ4v) is 6.72. The van der Waals surface area contributed by atoms with Crippen LogP contribution in [-0.4, -0.2) is 41.6 Å². The average molecular weight is 609 g/mol. The van der Waals surface area contributed by atoms with Crippen LogP contribution < -0.4 is 10.1 Å². The van der Waals surface area contributed by atoms with E-state index in [2.05, 4.69) is 17.4 Å². The highest BCUT2D eigenvalue weighted by atomic mass is 16.5. The Balaban J connectivity index is 1.12. The van der Waals surface area contributed by atoms with Crippen LogP contribution in [-0.2, 0) is 33.8 Å². The average Bonchev–Trinajstić information content (AvgIpc) is 3.08. The molecule has 2 amide bonds. The predicted molar refractivity (Wildman–Crippen MR) is 178 cm³/mol. The second kappa shape index (κ2) is 17.0. The van der Waals surface area contributed by atoms with Gasteiger partial charge >= 0.3 is 0 Å². The molecule has 1 saturated heterocycles. The van der Waals surface area contributed by atoms with Crippen LogP contribution >= 0.6 is 0 Å². The first-order valence-electron chi connectivity index (χ1n) is 16.9. The number of nitrogens with one attached hydrogen (secondary N) is 1. The summed E-state index contributed by atoms with van der Waals surface area (Å²) in [5, 5.41) is 3.14. The molecule has 1 heterocycles. The van der Waals surface area contributed by atoms with Crippen LogP contribution in [0.2, 0.25) is 0 Å². The van der Waals surface area contributed by atoms with Crippen LogP contribution in [0.5, 0.6) is 5.75 Å². The van der Waals surface area contributed by atoms with Crippen LogP contribution in [0, 0.1) is 11.8 Å². The van der Waals surface area contributed by atoms with Gasteiger partial charge < -0.3 is 15.0 Å². The summed E-state index contributed by atoms with van der Waals surface area (Å²) in [5.41, 5.74) is 3.29. The Hall–Kier alpha value is -3.93. The van der Waals surface area contributed by atoms with Gasteiger partial charge in [0, 0.05) is 32.4 Å². The quantitative estimate of drug-likeness (QED) is 0.212. The van der Waals surface area contributed by atoms with Gasteiger partial charge in [0.2, 0.25) is 11.8 Å². The summed E-state index contributed by atoms with van der Waals surface area (Å²) in [5.74, 6) is 1.68. The third-order valence-corrected chi connectivity index (χ3v) is 9.46. The third kappa shape index (κ3) is 10.6. The van der Waals surface area contributed by atoms with Crippen LogP contribution in [0.4, 0.5) is 0 Å². The minimum absolute atomic E-state index is 0.0614.